The second kappa shape index (κ2) is 8.31. The Balaban J connectivity index is 1.70. The van der Waals surface area contributed by atoms with Gasteiger partial charge in [-0.1, -0.05) is 30.3 Å². The molecule has 27 heavy (non-hydrogen) atoms. The maximum absolute atomic E-state index is 12.4. The minimum absolute atomic E-state index is 0.0436. The van der Waals surface area contributed by atoms with E-state index in [4.69, 9.17) is 4.74 Å². The van der Waals surface area contributed by atoms with Gasteiger partial charge in [0, 0.05) is 25.2 Å². The van der Waals surface area contributed by atoms with E-state index >= 15 is 0 Å². The SMILES string of the molecule is COc1ccc(-c2cc(=O)n(CC(=O)N(C)Cc3ccccc3)cn2)cc1. The highest BCUT2D eigenvalue weighted by atomic mass is 16.5. The Morgan fingerprint density at radius 1 is 1.11 bits per heavy atom. The van der Waals surface area contributed by atoms with Gasteiger partial charge in [-0.25, -0.2) is 4.98 Å². The van der Waals surface area contributed by atoms with Crippen molar-refractivity contribution in [1.29, 1.82) is 0 Å². The maximum Gasteiger partial charge on any atom is 0.254 e. The number of ether oxygens (including phenoxy) is 1. The summed E-state index contributed by atoms with van der Waals surface area (Å²) in [6, 6.07) is 18.4. The molecule has 0 atom stereocenters. The van der Waals surface area contributed by atoms with Crippen molar-refractivity contribution in [3.8, 4) is 17.0 Å². The molecule has 6 nitrogen and oxygen atoms in total. The minimum Gasteiger partial charge on any atom is -0.497 e. The van der Waals surface area contributed by atoms with E-state index in [9.17, 15) is 9.59 Å². The van der Waals surface area contributed by atoms with E-state index in [1.54, 1.807) is 19.1 Å². The van der Waals surface area contributed by atoms with Crippen LogP contribution >= 0.6 is 0 Å². The fourth-order valence-corrected chi connectivity index (χ4v) is 2.68. The predicted molar refractivity (Wildman–Crippen MR) is 103 cm³/mol. The van der Waals surface area contributed by atoms with Gasteiger partial charge >= 0.3 is 0 Å². The van der Waals surface area contributed by atoms with Gasteiger partial charge in [0.15, 0.2) is 0 Å². The van der Waals surface area contributed by atoms with E-state index < -0.39 is 0 Å². The third-order valence-electron chi connectivity index (χ3n) is 4.26. The smallest absolute Gasteiger partial charge is 0.254 e. The number of rotatable bonds is 6. The monoisotopic (exact) mass is 363 g/mol. The van der Waals surface area contributed by atoms with Crippen molar-refractivity contribution in [3.05, 3.63) is 82.9 Å². The third-order valence-corrected chi connectivity index (χ3v) is 4.26. The van der Waals surface area contributed by atoms with Crippen LogP contribution in [0.15, 0.2) is 71.8 Å². The summed E-state index contributed by atoms with van der Waals surface area (Å²) in [4.78, 5) is 30.7. The molecule has 0 spiro atoms. The average molecular weight is 363 g/mol. The van der Waals surface area contributed by atoms with Crippen molar-refractivity contribution in [3.63, 3.8) is 0 Å². The van der Waals surface area contributed by atoms with Gasteiger partial charge in [-0.2, -0.15) is 0 Å². The molecule has 1 aromatic heterocycles. The number of likely N-dealkylation sites (N-methyl/N-ethyl adjacent to an activating group) is 1. The topological polar surface area (TPSA) is 64.4 Å². The van der Waals surface area contributed by atoms with Crippen LogP contribution in [0, 0.1) is 0 Å². The van der Waals surface area contributed by atoms with E-state index in [1.807, 2.05) is 54.6 Å². The van der Waals surface area contributed by atoms with Crippen LogP contribution in [0.1, 0.15) is 5.56 Å². The number of amides is 1. The first-order valence-electron chi connectivity index (χ1n) is 8.55. The number of nitrogens with zero attached hydrogens (tertiary/aromatic N) is 3. The Bertz CT molecular complexity index is 966. The molecule has 0 saturated carbocycles. The van der Waals surface area contributed by atoms with Crippen LogP contribution in [0.3, 0.4) is 0 Å². The van der Waals surface area contributed by atoms with Crippen LogP contribution in [0.25, 0.3) is 11.3 Å². The van der Waals surface area contributed by atoms with Crippen LogP contribution in [0.2, 0.25) is 0 Å². The lowest BCUT2D eigenvalue weighted by atomic mass is 10.1. The molecule has 0 aliphatic heterocycles. The second-order valence-corrected chi connectivity index (χ2v) is 6.20. The summed E-state index contributed by atoms with van der Waals surface area (Å²) in [5.41, 5.74) is 2.14. The fraction of sp³-hybridized carbons (Fsp3) is 0.190. The Labute approximate surface area is 157 Å². The Hall–Kier alpha value is -3.41. The van der Waals surface area contributed by atoms with Crippen LogP contribution in [0.4, 0.5) is 0 Å². The minimum atomic E-state index is -0.266. The molecule has 0 fully saturated rings. The summed E-state index contributed by atoms with van der Waals surface area (Å²) in [5, 5.41) is 0. The summed E-state index contributed by atoms with van der Waals surface area (Å²) in [6.45, 7) is 0.448. The fourth-order valence-electron chi connectivity index (χ4n) is 2.68. The van der Waals surface area contributed by atoms with E-state index in [0.717, 1.165) is 16.9 Å². The van der Waals surface area contributed by atoms with Gasteiger partial charge < -0.3 is 9.64 Å². The van der Waals surface area contributed by atoms with Crippen molar-refractivity contribution >= 4 is 5.91 Å². The first kappa shape index (κ1) is 18.4. The van der Waals surface area contributed by atoms with E-state index in [-0.39, 0.29) is 18.0 Å². The van der Waals surface area contributed by atoms with Crippen molar-refractivity contribution in [2.45, 2.75) is 13.1 Å². The van der Waals surface area contributed by atoms with Crippen LogP contribution < -0.4 is 10.3 Å². The van der Waals surface area contributed by atoms with E-state index in [1.165, 1.54) is 17.0 Å². The van der Waals surface area contributed by atoms with Gasteiger partial charge in [0.1, 0.15) is 12.3 Å². The lowest BCUT2D eigenvalue weighted by Gasteiger charge is -2.18. The van der Waals surface area contributed by atoms with Gasteiger partial charge in [0.2, 0.25) is 5.91 Å². The number of carbonyl (C=O) groups is 1. The number of hydrogen-bond donors (Lipinski definition) is 0. The highest BCUT2D eigenvalue weighted by Crippen LogP contribution is 2.19. The summed E-state index contributed by atoms with van der Waals surface area (Å²) >= 11 is 0. The molecule has 138 valence electrons. The molecule has 6 heteroatoms. The number of hydrogen-bond acceptors (Lipinski definition) is 4. The summed E-state index contributed by atoms with van der Waals surface area (Å²) in [5.74, 6) is 0.582. The van der Waals surface area contributed by atoms with Crippen LogP contribution in [-0.2, 0) is 17.9 Å². The number of carbonyl (C=O) groups excluding carboxylic acids is 1. The second-order valence-electron chi connectivity index (χ2n) is 6.20. The van der Waals surface area contributed by atoms with Crippen molar-refractivity contribution < 1.29 is 9.53 Å². The van der Waals surface area contributed by atoms with Crippen LogP contribution in [0.5, 0.6) is 5.75 Å². The molecule has 0 bridgehead atoms. The van der Waals surface area contributed by atoms with Crippen molar-refractivity contribution in [2.75, 3.05) is 14.2 Å². The van der Waals surface area contributed by atoms with Gasteiger partial charge in [-0.15, -0.1) is 0 Å². The molecular weight excluding hydrogens is 342 g/mol. The maximum atomic E-state index is 12.4. The normalized spacial score (nSPS) is 10.4. The third kappa shape index (κ3) is 4.61. The zero-order chi connectivity index (χ0) is 19.2. The molecule has 0 saturated heterocycles. The zero-order valence-electron chi connectivity index (χ0n) is 15.3. The Morgan fingerprint density at radius 3 is 2.44 bits per heavy atom. The Kier molecular flexibility index (Phi) is 5.66. The molecule has 0 aliphatic carbocycles. The molecule has 0 unspecified atom stereocenters. The van der Waals surface area contributed by atoms with Gasteiger partial charge in [0.25, 0.3) is 5.56 Å². The Morgan fingerprint density at radius 2 is 1.81 bits per heavy atom. The van der Waals surface area contributed by atoms with Crippen molar-refractivity contribution in [2.24, 2.45) is 0 Å². The molecule has 0 aliphatic rings. The molecule has 0 radical (unpaired) electrons. The van der Waals surface area contributed by atoms with E-state index in [0.29, 0.717) is 12.2 Å². The van der Waals surface area contributed by atoms with Crippen molar-refractivity contribution in [1.82, 2.24) is 14.5 Å². The van der Waals surface area contributed by atoms with Gasteiger partial charge in [0.05, 0.1) is 19.1 Å². The largest absolute Gasteiger partial charge is 0.497 e. The number of aromatic nitrogens is 2. The molecule has 3 rings (SSSR count). The predicted octanol–water partition coefficient (Wildman–Crippen LogP) is 2.58. The first-order valence-corrected chi connectivity index (χ1v) is 8.55. The molecular formula is C21H21N3O3. The highest BCUT2D eigenvalue weighted by Gasteiger charge is 2.12. The average Bonchev–Trinajstić information content (AvgIpc) is 2.70. The quantitative estimate of drug-likeness (QED) is 0.675. The number of benzene rings is 2. The summed E-state index contributed by atoms with van der Waals surface area (Å²) in [7, 11) is 3.32. The van der Waals surface area contributed by atoms with Crippen LogP contribution in [-0.4, -0.2) is 34.5 Å². The van der Waals surface area contributed by atoms with Gasteiger partial charge in [-0.3, -0.25) is 14.2 Å². The molecule has 1 amide bonds. The molecule has 2 aromatic carbocycles. The first-order chi connectivity index (χ1) is 13.1. The molecule has 0 N–H and O–H groups in total. The standard InChI is InChI=1S/C21H21N3O3/c1-23(13-16-6-4-3-5-7-16)21(26)14-24-15-22-19(12-20(24)25)17-8-10-18(27-2)11-9-17/h3-12,15H,13-14H2,1-2H3. The molecule has 3 aromatic rings. The molecule has 1 heterocycles. The lowest BCUT2D eigenvalue weighted by molar-refractivity contribution is -0.131. The number of methoxy groups -OCH3 is 1. The van der Waals surface area contributed by atoms with Gasteiger partial charge in [-0.05, 0) is 29.8 Å². The van der Waals surface area contributed by atoms with E-state index in [2.05, 4.69) is 4.98 Å². The zero-order valence-corrected chi connectivity index (χ0v) is 15.3. The summed E-state index contributed by atoms with van der Waals surface area (Å²) in [6.07, 6.45) is 1.41. The highest BCUT2D eigenvalue weighted by molar-refractivity contribution is 5.75. The summed E-state index contributed by atoms with van der Waals surface area (Å²) < 4.78 is 6.44. The lowest BCUT2D eigenvalue weighted by Crippen LogP contribution is -2.33.